The third kappa shape index (κ3) is 3.98. The molecule has 4 heteroatoms. The summed E-state index contributed by atoms with van der Waals surface area (Å²) in [5.74, 6) is 0. The van der Waals surface area contributed by atoms with E-state index in [1.165, 1.54) is 6.26 Å². The van der Waals surface area contributed by atoms with Crippen molar-refractivity contribution in [2.45, 2.75) is 24.3 Å². The van der Waals surface area contributed by atoms with Gasteiger partial charge in [-0.05, 0) is 30.7 Å². The van der Waals surface area contributed by atoms with Gasteiger partial charge < -0.3 is 5.32 Å². The number of hydrogen-bond donors (Lipinski definition) is 1. The molecular weight excluding hydrogens is 234 g/mol. The lowest BCUT2D eigenvalue weighted by Gasteiger charge is -2.14. The van der Waals surface area contributed by atoms with Crippen molar-refractivity contribution in [2.75, 3.05) is 12.8 Å². The average Bonchev–Trinajstić information content (AvgIpc) is 2.29. The molecule has 3 nitrogen and oxygen atoms in total. The smallest absolute Gasteiger partial charge is 0.175 e. The molecule has 0 heterocycles. The predicted octanol–water partition coefficient (Wildman–Crippen LogP) is 2.32. The molecule has 0 spiro atoms. The molecule has 0 fully saturated rings. The highest BCUT2D eigenvalue weighted by Crippen LogP contribution is 2.17. The van der Waals surface area contributed by atoms with Gasteiger partial charge in [0.15, 0.2) is 9.84 Å². The zero-order valence-electron chi connectivity index (χ0n) is 10.3. The summed E-state index contributed by atoms with van der Waals surface area (Å²) in [7, 11) is -3.12. The fourth-order valence-corrected chi connectivity index (χ4v) is 2.19. The summed E-state index contributed by atoms with van der Waals surface area (Å²) in [6, 6.07) is 6.99. The first kappa shape index (κ1) is 13.9. The van der Waals surface area contributed by atoms with Crippen LogP contribution in [-0.2, 0) is 9.84 Å². The highest BCUT2D eigenvalue weighted by Gasteiger charge is 2.09. The Balaban J connectivity index is 2.89. The maximum Gasteiger partial charge on any atom is 0.175 e. The molecule has 0 bridgehead atoms. The largest absolute Gasteiger partial charge is 0.307 e. The Morgan fingerprint density at radius 3 is 2.35 bits per heavy atom. The molecule has 0 aromatic heterocycles. The van der Waals surface area contributed by atoms with Crippen LogP contribution in [-0.4, -0.2) is 21.2 Å². The van der Waals surface area contributed by atoms with Crippen LogP contribution in [0.25, 0.3) is 0 Å². The average molecular weight is 253 g/mol. The van der Waals surface area contributed by atoms with Gasteiger partial charge in [0.1, 0.15) is 0 Å². The van der Waals surface area contributed by atoms with E-state index in [2.05, 4.69) is 18.8 Å². The van der Waals surface area contributed by atoms with Crippen LogP contribution in [0.1, 0.15) is 24.9 Å². The summed E-state index contributed by atoms with van der Waals surface area (Å²) in [6.45, 7) is 6.79. The quantitative estimate of drug-likeness (QED) is 0.791. The fourth-order valence-electron chi connectivity index (χ4n) is 1.56. The molecule has 94 valence electrons. The third-order valence-electron chi connectivity index (χ3n) is 2.52. The van der Waals surface area contributed by atoms with Gasteiger partial charge in [0.05, 0.1) is 10.9 Å². The first-order valence-corrected chi connectivity index (χ1v) is 7.54. The molecule has 1 aromatic carbocycles. The van der Waals surface area contributed by atoms with E-state index in [-0.39, 0.29) is 6.04 Å². The highest BCUT2D eigenvalue weighted by atomic mass is 32.2. The van der Waals surface area contributed by atoms with Gasteiger partial charge in [-0.25, -0.2) is 8.42 Å². The second-order valence-electron chi connectivity index (χ2n) is 4.01. The minimum atomic E-state index is -3.12. The number of sulfone groups is 1. The van der Waals surface area contributed by atoms with E-state index in [1.54, 1.807) is 12.1 Å². The van der Waals surface area contributed by atoms with E-state index in [0.29, 0.717) is 4.90 Å². The normalized spacial score (nSPS) is 13.3. The standard InChI is InChI=1S/C13H19NO2S/c1-4-10-14-13(5-2)11-6-8-12(9-7-11)17(3,15)16/h5-9,13-14H,2,4,10H2,1,3H3. The summed E-state index contributed by atoms with van der Waals surface area (Å²) >= 11 is 0. The van der Waals surface area contributed by atoms with Crippen LogP contribution >= 0.6 is 0 Å². The molecule has 0 aliphatic carbocycles. The van der Waals surface area contributed by atoms with Gasteiger partial charge in [0.25, 0.3) is 0 Å². The zero-order valence-corrected chi connectivity index (χ0v) is 11.1. The summed E-state index contributed by atoms with van der Waals surface area (Å²) in [5.41, 5.74) is 1.03. The van der Waals surface area contributed by atoms with Crippen LogP contribution in [0.3, 0.4) is 0 Å². The van der Waals surface area contributed by atoms with Crippen molar-refractivity contribution in [3.8, 4) is 0 Å². The molecule has 1 unspecified atom stereocenters. The Kier molecular flexibility index (Phi) is 4.90. The van der Waals surface area contributed by atoms with Crippen LogP contribution in [0.5, 0.6) is 0 Å². The molecule has 0 saturated carbocycles. The van der Waals surface area contributed by atoms with Crippen molar-refractivity contribution < 1.29 is 8.42 Å². The Labute approximate surface area is 103 Å². The van der Waals surface area contributed by atoms with Crippen LogP contribution in [0.15, 0.2) is 41.8 Å². The maximum absolute atomic E-state index is 11.3. The molecule has 1 aromatic rings. The minimum absolute atomic E-state index is 0.0727. The van der Waals surface area contributed by atoms with Gasteiger partial charge in [0, 0.05) is 6.26 Å². The van der Waals surface area contributed by atoms with E-state index in [0.717, 1.165) is 18.5 Å². The van der Waals surface area contributed by atoms with E-state index < -0.39 is 9.84 Å². The van der Waals surface area contributed by atoms with Crippen molar-refractivity contribution in [1.82, 2.24) is 5.32 Å². The molecule has 1 atom stereocenters. The molecule has 0 radical (unpaired) electrons. The summed E-state index contributed by atoms with van der Waals surface area (Å²) in [5, 5.41) is 3.33. The summed E-state index contributed by atoms with van der Waals surface area (Å²) < 4.78 is 22.6. The zero-order chi connectivity index (χ0) is 12.9. The number of nitrogens with one attached hydrogen (secondary N) is 1. The molecule has 0 aliphatic heterocycles. The van der Waals surface area contributed by atoms with Crippen molar-refractivity contribution in [3.63, 3.8) is 0 Å². The van der Waals surface area contributed by atoms with Crippen molar-refractivity contribution in [1.29, 1.82) is 0 Å². The van der Waals surface area contributed by atoms with E-state index in [9.17, 15) is 8.42 Å². The van der Waals surface area contributed by atoms with Crippen molar-refractivity contribution in [2.24, 2.45) is 0 Å². The maximum atomic E-state index is 11.3. The molecule has 0 aliphatic rings. The first-order chi connectivity index (χ1) is 7.99. The molecular formula is C13H19NO2S. The highest BCUT2D eigenvalue weighted by molar-refractivity contribution is 7.90. The van der Waals surface area contributed by atoms with E-state index in [4.69, 9.17) is 0 Å². The Morgan fingerprint density at radius 2 is 1.94 bits per heavy atom. The molecule has 0 amide bonds. The van der Waals surface area contributed by atoms with Crippen molar-refractivity contribution >= 4 is 9.84 Å². The number of hydrogen-bond acceptors (Lipinski definition) is 3. The van der Waals surface area contributed by atoms with Gasteiger partial charge in [-0.3, -0.25) is 0 Å². The fraction of sp³-hybridized carbons (Fsp3) is 0.385. The summed E-state index contributed by atoms with van der Waals surface area (Å²) in [4.78, 5) is 0.347. The Bertz CT molecular complexity index is 463. The van der Waals surface area contributed by atoms with Crippen LogP contribution in [0, 0.1) is 0 Å². The number of rotatable bonds is 6. The number of benzene rings is 1. The molecule has 17 heavy (non-hydrogen) atoms. The van der Waals surface area contributed by atoms with Crippen LogP contribution < -0.4 is 5.32 Å². The molecule has 0 saturated heterocycles. The minimum Gasteiger partial charge on any atom is -0.307 e. The SMILES string of the molecule is C=CC(NCCC)c1ccc(S(C)(=O)=O)cc1. The topological polar surface area (TPSA) is 46.2 Å². The lowest BCUT2D eigenvalue weighted by atomic mass is 10.1. The van der Waals surface area contributed by atoms with Gasteiger partial charge in [-0.15, -0.1) is 6.58 Å². The van der Waals surface area contributed by atoms with Crippen LogP contribution in [0.2, 0.25) is 0 Å². The predicted molar refractivity (Wildman–Crippen MR) is 70.8 cm³/mol. The Morgan fingerprint density at radius 1 is 1.35 bits per heavy atom. The van der Waals surface area contributed by atoms with E-state index >= 15 is 0 Å². The third-order valence-corrected chi connectivity index (χ3v) is 3.65. The lowest BCUT2D eigenvalue weighted by molar-refractivity contribution is 0.600. The van der Waals surface area contributed by atoms with E-state index in [1.807, 2.05) is 18.2 Å². The van der Waals surface area contributed by atoms with Gasteiger partial charge in [-0.2, -0.15) is 0 Å². The lowest BCUT2D eigenvalue weighted by Crippen LogP contribution is -2.20. The molecule has 1 rings (SSSR count). The second kappa shape index (κ2) is 5.98. The first-order valence-electron chi connectivity index (χ1n) is 5.65. The van der Waals surface area contributed by atoms with Gasteiger partial charge in [-0.1, -0.05) is 25.1 Å². The second-order valence-corrected chi connectivity index (χ2v) is 6.02. The Hall–Kier alpha value is -1.13. The van der Waals surface area contributed by atoms with Gasteiger partial charge in [0.2, 0.25) is 0 Å². The van der Waals surface area contributed by atoms with Crippen molar-refractivity contribution in [3.05, 3.63) is 42.5 Å². The van der Waals surface area contributed by atoms with Gasteiger partial charge >= 0.3 is 0 Å². The monoisotopic (exact) mass is 253 g/mol. The van der Waals surface area contributed by atoms with Crippen LogP contribution in [0.4, 0.5) is 0 Å². The molecule has 1 N–H and O–H groups in total. The summed E-state index contributed by atoms with van der Waals surface area (Å²) in [6.07, 6.45) is 4.08.